The Kier molecular flexibility index (Phi) is 4.53. The van der Waals surface area contributed by atoms with E-state index in [0.717, 1.165) is 5.56 Å². The van der Waals surface area contributed by atoms with Crippen molar-refractivity contribution < 1.29 is 33.3 Å². The van der Waals surface area contributed by atoms with Crippen molar-refractivity contribution in [1.29, 1.82) is 0 Å². The molecule has 0 aromatic heterocycles. The summed E-state index contributed by atoms with van der Waals surface area (Å²) in [5.74, 6) is -1.65. The molecule has 5 rings (SSSR count). The first-order valence-electron chi connectivity index (χ1n) is 10.2. The fraction of sp³-hybridized carbons (Fsp3) is 0.435. The van der Waals surface area contributed by atoms with Crippen LogP contribution in [0.4, 0.5) is 5.69 Å². The molecule has 0 radical (unpaired) electrons. The molecule has 1 saturated heterocycles. The Morgan fingerprint density at radius 1 is 1.13 bits per heavy atom. The van der Waals surface area contributed by atoms with Crippen molar-refractivity contribution in [3.05, 3.63) is 53.1 Å². The molecule has 4 heterocycles. The van der Waals surface area contributed by atoms with E-state index in [-0.39, 0.29) is 29.1 Å². The van der Waals surface area contributed by atoms with Crippen molar-refractivity contribution in [3.63, 3.8) is 0 Å². The molecule has 2 bridgehead atoms. The normalized spacial score (nSPS) is 32.7. The third kappa shape index (κ3) is 2.58. The van der Waals surface area contributed by atoms with E-state index in [2.05, 4.69) is 0 Å². The van der Waals surface area contributed by atoms with Crippen molar-refractivity contribution in [3.8, 4) is 0 Å². The Labute approximate surface area is 179 Å². The van der Waals surface area contributed by atoms with Crippen LogP contribution in [0.25, 0.3) is 0 Å². The van der Waals surface area contributed by atoms with Crippen LogP contribution in [0.15, 0.2) is 47.6 Å². The lowest BCUT2D eigenvalue weighted by Gasteiger charge is -2.49. The summed E-state index contributed by atoms with van der Waals surface area (Å²) in [6, 6.07) is 7.01. The maximum absolute atomic E-state index is 13.0. The minimum Gasteiger partial charge on any atom is -0.466 e. The second-order valence-corrected chi connectivity index (χ2v) is 8.10. The minimum absolute atomic E-state index is 0.0932. The maximum Gasteiger partial charge on any atom is 0.337 e. The first kappa shape index (κ1) is 20.0. The second-order valence-electron chi connectivity index (χ2n) is 8.10. The monoisotopic (exact) mass is 425 g/mol. The minimum atomic E-state index is -1.34. The van der Waals surface area contributed by atoms with Crippen LogP contribution in [0.2, 0.25) is 0 Å². The third-order valence-corrected chi connectivity index (χ3v) is 6.68. The molecule has 8 heteroatoms. The summed E-state index contributed by atoms with van der Waals surface area (Å²) in [4.78, 5) is 40.2. The molecule has 4 aliphatic heterocycles. The van der Waals surface area contributed by atoms with Crippen molar-refractivity contribution >= 4 is 23.5 Å². The number of esters is 2. The first-order chi connectivity index (χ1) is 14.9. The van der Waals surface area contributed by atoms with Crippen molar-refractivity contribution in [2.45, 2.75) is 37.2 Å². The molecule has 1 fully saturated rings. The summed E-state index contributed by atoms with van der Waals surface area (Å²) < 4.78 is 22.4. The topological polar surface area (TPSA) is 91.4 Å². The number of carbonyl (C=O) groups is 3. The number of rotatable bonds is 3. The van der Waals surface area contributed by atoms with Crippen molar-refractivity contribution in [2.75, 3.05) is 25.7 Å². The summed E-state index contributed by atoms with van der Waals surface area (Å²) in [5, 5.41) is 0. The number of ether oxygens (including phenoxy) is 4. The van der Waals surface area contributed by atoms with Gasteiger partial charge in [0.1, 0.15) is 11.7 Å². The van der Waals surface area contributed by atoms with Crippen LogP contribution in [0.3, 0.4) is 0 Å². The molecular weight excluding hydrogens is 402 g/mol. The molecule has 0 saturated carbocycles. The van der Waals surface area contributed by atoms with Crippen molar-refractivity contribution in [1.82, 2.24) is 0 Å². The van der Waals surface area contributed by atoms with Crippen molar-refractivity contribution in [2.24, 2.45) is 5.92 Å². The Balaban J connectivity index is 1.75. The van der Waals surface area contributed by atoms with Gasteiger partial charge in [0.15, 0.2) is 0 Å². The average molecular weight is 425 g/mol. The van der Waals surface area contributed by atoms with Gasteiger partial charge < -0.3 is 23.8 Å². The smallest absolute Gasteiger partial charge is 0.337 e. The van der Waals surface area contributed by atoms with Gasteiger partial charge >= 0.3 is 11.9 Å². The maximum atomic E-state index is 13.0. The highest BCUT2D eigenvalue weighted by Crippen LogP contribution is 2.56. The third-order valence-electron chi connectivity index (χ3n) is 6.68. The Morgan fingerprint density at radius 3 is 2.58 bits per heavy atom. The quantitative estimate of drug-likeness (QED) is 0.539. The fourth-order valence-corrected chi connectivity index (χ4v) is 5.60. The number of amides is 1. The van der Waals surface area contributed by atoms with E-state index in [9.17, 15) is 14.4 Å². The van der Waals surface area contributed by atoms with Crippen LogP contribution in [-0.2, 0) is 33.3 Å². The fourth-order valence-electron chi connectivity index (χ4n) is 5.60. The SMILES string of the molecule is COC(=O)C1=C(C(=O)OC)C2(C3C4CCOC4c4ccccc4N3C(C)=O)C=CC1O2. The molecule has 1 aromatic rings. The van der Waals surface area contributed by atoms with E-state index in [1.807, 2.05) is 24.3 Å². The Hall–Kier alpha value is -2.97. The first-order valence-corrected chi connectivity index (χ1v) is 10.2. The molecule has 0 N–H and O–H groups in total. The lowest BCUT2D eigenvalue weighted by atomic mass is 9.70. The number of para-hydroxylation sites is 1. The van der Waals surface area contributed by atoms with Gasteiger partial charge in [-0.1, -0.05) is 24.3 Å². The van der Waals surface area contributed by atoms with Gasteiger partial charge in [-0.15, -0.1) is 0 Å². The van der Waals surface area contributed by atoms with E-state index >= 15 is 0 Å². The molecule has 0 aliphatic carbocycles. The lowest BCUT2D eigenvalue weighted by Crippen LogP contribution is -2.61. The zero-order valence-electron chi connectivity index (χ0n) is 17.5. The van der Waals surface area contributed by atoms with Gasteiger partial charge in [0, 0.05) is 30.7 Å². The summed E-state index contributed by atoms with van der Waals surface area (Å²) >= 11 is 0. The average Bonchev–Trinajstić information content (AvgIpc) is 3.50. The molecule has 5 atom stereocenters. The molecule has 1 aromatic carbocycles. The van der Waals surface area contributed by atoms with Crippen LogP contribution in [-0.4, -0.2) is 56.4 Å². The number of carbonyl (C=O) groups excluding carboxylic acids is 3. The van der Waals surface area contributed by atoms with E-state index in [0.29, 0.717) is 18.7 Å². The van der Waals surface area contributed by atoms with Gasteiger partial charge in [-0.3, -0.25) is 4.79 Å². The van der Waals surface area contributed by atoms with Gasteiger partial charge in [0.2, 0.25) is 5.91 Å². The molecule has 31 heavy (non-hydrogen) atoms. The van der Waals surface area contributed by atoms with E-state index < -0.39 is 29.7 Å². The van der Waals surface area contributed by atoms with E-state index in [1.165, 1.54) is 21.1 Å². The van der Waals surface area contributed by atoms with Gasteiger partial charge in [-0.25, -0.2) is 9.59 Å². The number of hydrogen-bond acceptors (Lipinski definition) is 7. The zero-order chi connectivity index (χ0) is 21.9. The van der Waals surface area contributed by atoms with E-state index in [4.69, 9.17) is 18.9 Å². The summed E-state index contributed by atoms with van der Waals surface area (Å²) in [6.45, 7) is 2.01. The largest absolute Gasteiger partial charge is 0.466 e. The molecule has 0 spiro atoms. The van der Waals surface area contributed by atoms with Gasteiger partial charge in [0.25, 0.3) is 0 Å². The second kappa shape index (κ2) is 7.03. The van der Waals surface area contributed by atoms with Gasteiger partial charge in [-0.2, -0.15) is 0 Å². The molecule has 1 amide bonds. The van der Waals surface area contributed by atoms with Crippen LogP contribution < -0.4 is 4.90 Å². The standard InChI is InChI=1S/C23H23NO7/c1-12(25)24-15-7-5-4-6-13(15)19-14(9-11-30-19)20(24)23-10-8-16(31-23)17(21(26)28-2)18(23)22(27)29-3/h4-8,10,14,16,19-20H,9,11H2,1-3H3. The Morgan fingerprint density at radius 2 is 1.87 bits per heavy atom. The predicted octanol–water partition coefficient (Wildman–Crippen LogP) is 1.85. The highest BCUT2D eigenvalue weighted by molar-refractivity contribution is 6.06. The van der Waals surface area contributed by atoms with Gasteiger partial charge in [0.05, 0.1) is 37.5 Å². The molecular formula is C23H23NO7. The highest BCUT2D eigenvalue weighted by Gasteiger charge is 2.64. The zero-order valence-corrected chi connectivity index (χ0v) is 17.5. The summed E-state index contributed by atoms with van der Waals surface area (Å²) in [5.41, 5.74) is 0.525. The molecule has 4 aliphatic rings. The van der Waals surface area contributed by atoms with Gasteiger partial charge in [-0.05, 0) is 18.6 Å². The number of anilines is 1. The number of methoxy groups -OCH3 is 2. The van der Waals surface area contributed by atoms with Crippen LogP contribution in [0.5, 0.6) is 0 Å². The number of fused-ring (bicyclic) bond motifs is 5. The van der Waals surface area contributed by atoms with Crippen LogP contribution in [0.1, 0.15) is 25.0 Å². The predicted molar refractivity (Wildman–Crippen MR) is 108 cm³/mol. The Bertz CT molecular complexity index is 1040. The highest BCUT2D eigenvalue weighted by atomic mass is 16.6. The molecule has 5 unspecified atom stereocenters. The number of hydrogen-bond donors (Lipinski definition) is 0. The lowest BCUT2D eigenvalue weighted by molar-refractivity contribution is -0.140. The summed E-state index contributed by atoms with van der Waals surface area (Å²) in [7, 11) is 2.51. The van der Waals surface area contributed by atoms with Crippen LogP contribution in [0, 0.1) is 5.92 Å². The number of benzene rings is 1. The molecule has 162 valence electrons. The summed E-state index contributed by atoms with van der Waals surface area (Å²) in [6.07, 6.45) is 3.21. The molecule has 8 nitrogen and oxygen atoms in total. The van der Waals surface area contributed by atoms with Crippen LogP contribution >= 0.6 is 0 Å². The van der Waals surface area contributed by atoms with E-state index in [1.54, 1.807) is 17.1 Å². The number of nitrogens with zero attached hydrogens (tertiary/aromatic N) is 1.